The Labute approximate surface area is 183 Å². The average molecular weight is 439 g/mol. The molecule has 1 aliphatic heterocycles. The molecule has 1 amide bonds. The van der Waals surface area contributed by atoms with Crippen molar-refractivity contribution in [2.45, 2.75) is 11.7 Å². The lowest BCUT2D eigenvalue weighted by atomic mass is 10.2. The van der Waals surface area contributed by atoms with E-state index in [4.69, 9.17) is 14.6 Å². The molecule has 0 saturated carbocycles. The van der Waals surface area contributed by atoms with Crippen LogP contribution >= 0.6 is 11.8 Å². The van der Waals surface area contributed by atoms with E-state index in [9.17, 15) is 9.59 Å². The summed E-state index contributed by atoms with van der Waals surface area (Å²) in [7, 11) is 1.55. The van der Waals surface area contributed by atoms with Crippen LogP contribution in [0.4, 0.5) is 0 Å². The van der Waals surface area contributed by atoms with Crippen molar-refractivity contribution in [3.63, 3.8) is 0 Å². The molecule has 2 aromatic carbocycles. The van der Waals surface area contributed by atoms with Crippen molar-refractivity contribution < 1.29 is 24.2 Å². The number of nitrogens with one attached hydrogen (secondary N) is 1. The van der Waals surface area contributed by atoms with Crippen molar-refractivity contribution in [1.29, 1.82) is 0 Å². The predicted octanol–water partition coefficient (Wildman–Crippen LogP) is 3.18. The van der Waals surface area contributed by atoms with E-state index < -0.39 is 17.1 Å². The lowest BCUT2D eigenvalue weighted by Crippen LogP contribution is -2.26. The van der Waals surface area contributed by atoms with E-state index in [1.54, 1.807) is 25.3 Å². The highest BCUT2D eigenvalue weighted by Crippen LogP contribution is 2.30. The number of carboxylic acid groups (broad SMARTS) is 1. The number of benzene rings is 2. The van der Waals surface area contributed by atoms with Crippen LogP contribution in [0.3, 0.4) is 0 Å². The molecule has 0 radical (unpaired) electrons. The third-order valence-electron chi connectivity index (χ3n) is 4.14. The number of amidine groups is 1. The summed E-state index contributed by atoms with van der Waals surface area (Å²) in [5.41, 5.74) is 1.72. The van der Waals surface area contributed by atoms with Gasteiger partial charge in [-0.25, -0.2) is 0 Å². The molecule has 0 bridgehead atoms. The number of carbonyl (C=O) groups excluding carboxylic acids is 1. The first-order valence-corrected chi connectivity index (χ1v) is 10.3. The predicted molar refractivity (Wildman–Crippen MR) is 121 cm³/mol. The second kappa shape index (κ2) is 11.0. The topological polar surface area (TPSA) is 110 Å². The summed E-state index contributed by atoms with van der Waals surface area (Å²) in [5, 5.41) is 18.9. The van der Waals surface area contributed by atoms with E-state index in [0.717, 1.165) is 17.3 Å². The van der Waals surface area contributed by atoms with Gasteiger partial charge in [-0.1, -0.05) is 54.2 Å². The van der Waals surface area contributed by atoms with Gasteiger partial charge in [-0.05, 0) is 23.8 Å². The lowest BCUT2D eigenvalue weighted by Gasteiger charge is -2.11. The minimum Gasteiger partial charge on any atom is -0.493 e. The van der Waals surface area contributed by atoms with Gasteiger partial charge in [0.15, 0.2) is 16.7 Å². The van der Waals surface area contributed by atoms with Crippen LogP contribution in [0, 0.1) is 0 Å². The summed E-state index contributed by atoms with van der Waals surface area (Å²) in [6.07, 6.45) is 5.07. The van der Waals surface area contributed by atoms with Gasteiger partial charge in [-0.15, -0.1) is 5.10 Å². The summed E-state index contributed by atoms with van der Waals surface area (Å²) in [4.78, 5) is 22.6. The molecule has 0 aliphatic carbocycles. The molecule has 160 valence electrons. The van der Waals surface area contributed by atoms with Gasteiger partial charge in [-0.3, -0.25) is 9.59 Å². The second-order valence-corrected chi connectivity index (χ2v) is 7.54. The van der Waals surface area contributed by atoms with E-state index in [1.165, 1.54) is 6.21 Å². The zero-order chi connectivity index (χ0) is 22.1. The third kappa shape index (κ3) is 6.45. The Morgan fingerprint density at radius 3 is 2.77 bits per heavy atom. The molecule has 8 nitrogen and oxygen atoms in total. The Hall–Kier alpha value is -3.59. The molecule has 31 heavy (non-hydrogen) atoms. The SMILES string of the molecule is COc1cccc(C=NN=C2NC(=O)C(CC(=O)O)S2)c1OCC=Cc1ccccc1. The fourth-order valence-corrected chi connectivity index (χ4v) is 3.63. The summed E-state index contributed by atoms with van der Waals surface area (Å²) in [6, 6.07) is 15.3. The van der Waals surface area contributed by atoms with Gasteiger partial charge >= 0.3 is 5.97 Å². The van der Waals surface area contributed by atoms with Crippen molar-refractivity contribution >= 4 is 41.1 Å². The van der Waals surface area contributed by atoms with Crippen LogP contribution in [0.25, 0.3) is 6.08 Å². The quantitative estimate of drug-likeness (QED) is 0.459. The number of hydrogen-bond donors (Lipinski definition) is 2. The molecule has 1 fully saturated rings. The number of amides is 1. The molecule has 1 aliphatic rings. The van der Waals surface area contributed by atoms with Gasteiger partial charge < -0.3 is 19.9 Å². The average Bonchev–Trinajstić information content (AvgIpc) is 3.10. The first-order chi connectivity index (χ1) is 15.1. The van der Waals surface area contributed by atoms with Crippen LogP contribution in [0.1, 0.15) is 17.5 Å². The van der Waals surface area contributed by atoms with Gasteiger partial charge in [0.05, 0.1) is 19.7 Å². The van der Waals surface area contributed by atoms with Crippen LogP contribution in [-0.4, -0.2) is 47.3 Å². The Bertz CT molecular complexity index is 1020. The Kier molecular flexibility index (Phi) is 7.83. The zero-order valence-corrected chi connectivity index (χ0v) is 17.5. The normalized spacial score (nSPS) is 17.4. The van der Waals surface area contributed by atoms with Crippen LogP contribution in [-0.2, 0) is 9.59 Å². The first-order valence-electron chi connectivity index (χ1n) is 9.38. The summed E-state index contributed by atoms with van der Waals surface area (Å²) < 4.78 is 11.3. The van der Waals surface area contributed by atoms with E-state index in [1.807, 2.05) is 42.5 Å². The Morgan fingerprint density at radius 2 is 2.03 bits per heavy atom. The number of rotatable bonds is 9. The van der Waals surface area contributed by atoms with Gasteiger partial charge in [0.1, 0.15) is 11.9 Å². The van der Waals surface area contributed by atoms with Crippen LogP contribution in [0.15, 0.2) is 64.8 Å². The standard InChI is InChI=1S/C22H21N3O5S/c1-29-17-11-5-10-16(20(17)30-12-6-9-15-7-3-2-4-8-15)14-23-25-22-24-21(28)18(31-22)13-19(26)27/h2-11,14,18H,12-13H2,1H3,(H,26,27)(H,24,25,28). The van der Waals surface area contributed by atoms with Crippen LogP contribution in [0.5, 0.6) is 11.5 Å². The minimum absolute atomic E-state index is 0.253. The van der Waals surface area contributed by atoms with Crippen LogP contribution in [0.2, 0.25) is 0 Å². The number of carboxylic acids is 1. The maximum Gasteiger partial charge on any atom is 0.305 e. The fraction of sp³-hybridized carbons (Fsp3) is 0.182. The summed E-state index contributed by atoms with van der Waals surface area (Å²) in [6.45, 7) is 0.327. The molecule has 2 N–H and O–H groups in total. The monoisotopic (exact) mass is 439 g/mol. The molecule has 2 aromatic rings. The number of aliphatic carboxylic acids is 1. The highest BCUT2D eigenvalue weighted by atomic mass is 32.2. The smallest absolute Gasteiger partial charge is 0.305 e. The molecule has 9 heteroatoms. The van der Waals surface area contributed by atoms with Crippen molar-refractivity contribution in [2.24, 2.45) is 10.2 Å². The Balaban J connectivity index is 1.68. The zero-order valence-electron chi connectivity index (χ0n) is 16.7. The molecule has 3 rings (SSSR count). The second-order valence-electron chi connectivity index (χ2n) is 6.35. The van der Waals surface area contributed by atoms with Crippen LogP contribution < -0.4 is 14.8 Å². The maximum atomic E-state index is 11.8. The van der Waals surface area contributed by atoms with Gasteiger partial charge in [0.25, 0.3) is 0 Å². The summed E-state index contributed by atoms with van der Waals surface area (Å²) >= 11 is 1.04. The van der Waals surface area contributed by atoms with Gasteiger partial charge in [0.2, 0.25) is 5.91 Å². The number of ether oxygens (including phenoxy) is 2. The first kappa shape index (κ1) is 22.1. The third-order valence-corrected chi connectivity index (χ3v) is 5.22. The number of carbonyl (C=O) groups is 2. The highest BCUT2D eigenvalue weighted by molar-refractivity contribution is 8.15. The summed E-state index contributed by atoms with van der Waals surface area (Å²) in [5.74, 6) is -0.373. The van der Waals surface area contributed by atoms with Crippen molar-refractivity contribution in [2.75, 3.05) is 13.7 Å². The number of thioether (sulfide) groups is 1. The van der Waals surface area contributed by atoms with E-state index in [-0.39, 0.29) is 11.6 Å². The number of nitrogens with zero attached hydrogens (tertiary/aromatic N) is 2. The minimum atomic E-state index is -1.04. The molecule has 1 unspecified atom stereocenters. The van der Waals surface area contributed by atoms with E-state index in [2.05, 4.69) is 15.5 Å². The van der Waals surface area contributed by atoms with Gasteiger partial charge in [-0.2, -0.15) is 5.10 Å². The van der Waals surface area contributed by atoms with E-state index >= 15 is 0 Å². The number of methoxy groups -OCH3 is 1. The van der Waals surface area contributed by atoms with Crippen molar-refractivity contribution in [1.82, 2.24) is 5.32 Å². The molecular weight excluding hydrogens is 418 g/mol. The molecule has 0 spiro atoms. The fourth-order valence-electron chi connectivity index (χ4n) is 2.72. The highest BCUT2D eigenvalue weighted by Gasteiger charge is 2.32. The largest absolute Gasteiger partial charge is 0.493 e. The molecule has 1 saturated heterocycles. The molecule has 1 atom stereocenters. The van der Waals surface area contributed by atoms with Crippen molar-refractivity contribution in [3.05, 3.63) is 65.7 Å². The Morgan fingerprint density at radius 1 is 1.23 bits per heavy atom. The maximum absolute atomic E-state index is 11.8. The number of hydrogen-bond acceptors (Lipinski definition) is 7. The molecule has 0 aromatic heterocycles. The van der Waals surface area contributed by atoms with E-state index in [0.29, 0.717) is 23.7 Å². The van der Waals surface area contributed by atoms with Crippen molar-refractivity contribution in [3.8, 4) is 11.5 Å². The lowest BCUT2D eigenvalue weighted by molar-refractivity contribution is -0.138. The number of para-hydroxylation sites is 1. The van der Waals surface area contributed by atoms with Gasteiger partial charge in [0, 0.05) is 5.56 Å². The molecule has 1 heterocycles. The molecular formula is C22H21N3O5S.